The van der Waals surface area contributed by atoms with Gasteiger partial charge in [-0.3, -0.25) is 72.7 Å². The molecule has 1 fully saturated rings. The molecule has 36 nitrogen and oxygen atoms in total. The van der Waals surface area contributed by atoms with E-state index in [1.807, 2.05) is 9.97 Å². The lowest BCUT2D eigenvalue weighted by atomic mass is 10.1. The molecule has 506 valence electrons. The zero-order valence-electron chi connectivity index (χ0n) is 50.4. The largest absolute Gasteiger partial charge is 0.481 e. The van der Waals surface area contributed by atoms with Gasteiger partial charge < -0.3 is 72.2 Å². The first-order valence-electron chi connectivity index (χ1n) is 28.6. The van der Waals surface area contributed by atoms with Gasteiger partial charge in [0.25, 0.3) is 17.0 Å². The van der Waals surface area contributed by atoms with Gasteiger partial charge in [0.2, 0.25) is 11.9 Å². The third-order valence-corrected chi connectivity index (χ3v) is 12.8. The van der Waals surface area contributed by atoms with Gasteiger partial charge >= 0.3 is 59.4 Å². The molecule has 2 atom stereocenters. The number of carboxylic acids is 9. The number of nitrogen functional groups attached to an aromatic ring is 1. The second-order valence-electron chi connectivity index (χ2n) is 20.3. The number of nitrogens with one attached hydrogen (secondary N) is 5. The van der Waals surface area contributed by atoms with Crippen LogP contribution in [-0.2, 0) is 44.9 Å². The van der Waals surface area contributed by atoms with Crippen LogP contribution in [-0.4, -0.2) is 219 Å². The number of benzene rings is 1. The number of aromatic nitrogens is 7. The van der Waals surface area contributed by atoms with Crippen LogP contribution < -0.4 is 33.2 Å². The molecule has 0 spiro atoms. The van der Waals surface area contributed by atoms with Gasteiger partial charge in [-0.2, -0.15) is 4.98 Å². The van der Waals surface area contributed by atoms with E-state index in [9.17, 15) is 67.1 Å². The number of hydrogen-bond acceptors (Lipinski definition) is 22. The molecule has 1 aromatic carbocycles. The first-order chi connectivity index (χ1) is 44.0. The molecule has 1 unspecified atom stereocenters. The lowest BCUT2D eigenvalue weighted by molar-refractivity contribution is -0.145. The number of likely N-dealkylation sites (tertiary alicyclic amines) is 1. The molecule has 1 aliphatic heterocycles. The van der Waals surface area contributed by atoms with Crippen LogP contribution in [0.3, 0.4) is 0 Å². The molecule has 93 heavy (non-hydrogen) atoms. The van der Waals surface area contributed by atoms with Gasteiger partial charge in [0, 0.05) is 68.7 Å². The number of amides is 2. The molecule has 0 aliphatic carbocycles. The normalized spacial score (nSPS) is 12.4. The second-order valence-corrected chi connectivity index (χ2v) is 20.3. The van der Waals surface area contributed by atoms with E-state index in [1.54, 1.807) is 23.1 Å². The molecular formula is C57H75N13O23. The van der Waals surface area contributed by atoms with Crippen molar-refractivity contribution in [1.29, 1.82) is 0 Å². The van der Waals surface area contributed by atoms with E-state index in [0.29, 0.717) is 17.9 Å². The summed E-state index contributed by atoms with van der Waals surface area (Å²) in [5.41, 5.74) is 4.72. The van der Waals surface area contributed by atoms with E-state index < -0.39 is 120 Å². The Bertz CT molecular complexity index is 3390. The highest BCUT2D eigenvalue weighted by molar-refractivity contribution is 5.97. The van der Waals surface area contributed by atoms with Crippen molar-refractivity contribution in [3.63, 3.8) is 0 Å². The molecule has 1 saturated heterocycles. The number of H-pyrrole nitrogens is 3. The average molecular weight is 1310 g/mol. The molecule has 4 aromatic heterocycles. The highest BCUT2D eigenvalue weighted by Gasteiger charge is 2.33. The number of hydrogen-bond donors (Lipinski definition) is 15. The summed E-state index contributed by atoms with van der Waals surface area (Å²) < 4.78 is 0. The number of aliphatic carboxylic acids is 7. The van der Waals surface area contributed by atoms with Crippen LogP contribution in [0.4, 0.5) is 11.6 Å². The maximum absolute atomic E-state index is 12.3. The van der Waals surface area contributed by atoms with Crippen molar-refractivity contribution in [2.75, 3.05) is 63.4 Å². The Morgan fingerprint density at radius 3 is 1.68 bits per heavy atom. The third kappa shape index (κ3) is 33.4. The van der Waals surface area contributed by atoms with Gasteiger partial charge in [0.15, 0.2) is 11.2 Å². The van der Waals surface area contributed by atoms with Crippen LogP contribution in [0, 0.1) is 5.92 Å². The molecule has 0 saturated carbocycles. The van der Waals surface area contributed by atoms with Gasteiger partial charge in [0.1, 0.15) is 11.7 Å². The number of anilines is 2. The summed E-state index contributed by atoms with van der Waals surface area (Å²) in [6.45, 7) is 1.36. The fourth-order valence-corrected chi connectivity index (χ4v) is 8.25. The standard InChI is InChI=1S/C19H19N7O6.C17H31NO3.C10H16N2O8.C6H5NO2.C5H4N2O4/c20-19-25-15-14(17(30)26-19)23-11(8-22-15)7-21-10-3-1-9(2-4-10)16(29)24-12(18(31)32)5-6-13(27)28;1-2-3-4-5-6-7-8-9-10-11-12-18-14-15(17(20)21)13-16(18)19;13-7(14)3-11(4-8(15)16)1-2-12(5-9(17)18)6-10(19)20;8-6(9)5-2-1-3-7-4-5;8-3-1-2(4(9)10)6-5(11)7-3/h1-4,8,12,21H,5-7H2,(H,24,29)(H,27,28)(H,31,32)(H3,20,22,25,26,30);15H,2-14H2,1H3,(H,20,21);1-6H2,(H,13,14)(H,15,16)(H,17,18)(H,19,20);1-4H,(H,8,9);1H,(H,9,10)(H2,6,7,8,11)/t12-;;;;/m0..../s1. The Hall–Kier alpha value is -11.0. The first kappa shape index (κ1) is 78.1. The van der Waals surface area contributed by atoms with Crippen LogP contribution in [0.1, 0.15) is 127 Å². The van der Waals surface area contributed by atoms with Crippen LogP contribution in [0.2, 0.25) is 0 Å². The predicted octanol–water partition coefficient (Wildman–Crippen LogP) is 1.27. The summed E-state index contributed by atoms with van der Waals surface area (Å²) in [4.78, 5) is 178. The Morgan fingerprint density at radius 2 is 1.23 bits per heavy atom. The number of carbonyl (C=O) groups is 11. The van der Waals surface area contributed by atoms with E-state index in [2.05, 4.69) is 42.5 Å². The van der Waals surface area contributed by atoms with Crippen molar-refractivity contribution in [3.8, 4) is 0 Å². The summed E-state index contributed by atoms with van der Waals surface area (Å²) in [6, 6.07) is 8.74. The zero-order valence-corrected chi connectivity index (χ0v) is 50.4. The van der Waals surface area contributed by atoms with Crippen molar-refractivity contribution in [2.45, 2.75) is 103 Å². The van der Waals surface area contributed by atoms with Crippen molar-refractivity contribution >= 4 is 88.3 Å². The molecule has 36 heteroatoms. The molecule has 2 amide bonds. The lowest BCUT2D eigenvalue weighted by Crippen LogP contribution is -2.43. The summed E-state index contributed by atoms with van der Waals surface area (Å²) in [5, 5.41) is 83.2. The molecular weight excluding hydrogens is 1230 g/mol. The van der Waals surface area contributed by atoms with E-state index in [1.165, 1.54) is 88.2 Å². The molecule has 1 aliphatic rings. The van der Waals surface area contributed by atoms with E-state index in [-0.39, 0.29) is 73.0 Å². The number of carboxylic acid groups (broad SMARTS) is 9. The Kier molecular flexibility index (Phi) is 35.3. The number of aromatic amines is 3. The van der Waals surface area contributed by atoms with Crippen molar-refractivity contribution in [3.05, 3.63) is 115 Å². The summed E-state index contributed by atoms with van der Waals surface area (Å²) in [6.07, 6.45) is 16.6. The maximum atomic E-state index is 12.3. The second kappa shape index (κ2) is 42.0. The fourth-order valence-electron chi connectivity index (χ4n) is 8.25. The molecule has 5 aromatic rings. The number of aromatic carboxylic acids is 2. The number of unbranched alkanes of at least 4 members (excludes halogenated alkanes) is 9. The van der Waals surface area contributed by atoms with Gasteiger partial charge in [-0.05, 0) is 49.2 Å². The number of carbonyl (C=O) groups excluding carboxylic acids is 2. The molecule has 6 rings (SSSR count). The summed E-state index contributed by atoms with van der Waals surface area (Å²) >= 11 is 0. The van der Waals surface area contributed by atoms with E-state index in [0.717, 1.165) is 35.3 Å². The predicted molar refractivity (Wildman–Crippen MR) is 325 cm³/mol. The summed E-state index contributed by atoms with van der Waals surface area (Å²) in [5.74, 6) is -11.7. The first-order valence-corrected chi connectivity index (χ1v) is 28.6. The highest BCUT2D eigenvalue weighted by Crippen LogP contribution is 2.19. The van der Waals surface area contributed by atoms with Crippen LogP contribution in [0.25, 0.3) is 11.2 Å². The van der Waals surface area contributed by atoms with E-state index >= 15 is 0 Å². The lowest BCUT2D eigenvalue weighted by Gasteiger charge is -2.23. The quantitative estimate of drug-likeness (QED) is 0.0258. The number of rotatable bonds is 34. The minimum absolute atomic E-state index is 0.0123. The van der Waals surface area contributed by atoms with Crippen LogP contribution in [0.15, 0.2) is 75.4 Å². The number of fused-ring (bicyclic) bond motifs is 1. The molecule has 0 bridgehead atoms. The number of nitrogens with zero attached hydrogens (tertiary/aromatic N) is 7. The Balaban J connectivity index is 0.000000423. The molecule has 5 heterocycles. The Labute approximate surface area is 527 Å². The topological polar surface area (TPSA) is 580 Å². The minimum atomic E-state index is -1.34. The number of pyridine rings is 1. The highest BCUT2D eigenvalue weighted by atomic mass is 16.4. The molecule has 0 radical (unpaired) electrons. The SMILES string of the molecule is CCCCCCCCCCCCN1CC(C(=O)O)CC1=O.Nc1nc2ncc(CNc3ccc(C(=O)N[C@@H](CCC(=O)O)C(=O)O)cc3)nc2c(=O)[nH]1.O=C(O)CN(CCN(CC(=O)O)CC(=O)O)CC(=O)O.O=C(O)c1cc(=O)[nH]c(=O)[nH]1.O=C(O)c1cccnc1. The van der Waals surface area contributed by atoms with Gasteiger partial charge in [-0.1, -0.05) is 64.7 Å². The van der Waals surface area contributed by atoms with E-state index in [4.69, 9.17) is 51.7 Å². The monoisotopic (exact) mass is 1310 g/mol. The van der Waals surface area contributed by atoms with Crippen LogP contribution in [0.5, 0.6) is 0 Å². The smallest absolute Gasteiger partial charge is 0.352 e. The van der Waals surface area contributed by atoms with Gasteiger partial charge in [0.05, 0.1) is 56.1 Å². The number of nitrogens with two attached hydrogens (primary N) is 1. The zero-order chi connectivity index (χ0) is 69.6. The third-order valence-electron chi connectivity index (χ3n) is 12.8. The van der Waals surface area contributed by atoms with Crippen LogP contribution >= 0.6 is 0 Å². The van der Waals surface area contributed by atoms with Gasteiger partial charge in [-0.15, -0.1) is 0 Å². The van der Waals surface area contributed by atoms with Gasteiger partial charge in [-0.25, -0.2) is 29.1 Å². The van der Waals surface area contributed by atoms with Crippen molar-refractivity contribution in [2.24, 2.45) is 5.92 Å². The maximum Gasteiger partial charge on any atom is 0.352 e. The van der Waals surface area contributed by atoms with Crippen molar-refractivity contribution < 1.29 is 98.7 Å². The van der Waals surface area contributed by atoms with Crippen molar-refractivity contribution in [1.82, 2.24) is 54.9 Å². The fraction of sp³-hybridized carbons (Fsp3) is 0.439. The minimum Gasteiger partial charge on any atom is -0.481 e. The Morgan fingerprint density at radius 1 is 0.667 bits per heavy atom. The summed E-state index contributed by atoms with van der Waals surface area (Å²) in [7, 11) is 0. The molecule has 16 N–H and O–H groups in total. The average Bonchev–Trinajstić information content (AvgIpc) is 1.43.